The zero-order valence-electron chi connectivity index (χ0n) is 12.1. The van der Waals surface area contributed by atoms with E-state index in [9.17, 15) is 4.79 Å². The Balaban J connectivity index is 1.95. The molecule has 0 aliphatic heterocycles. The third-order valence-electron chi connectivity index (χ3n) is 3.24. The number of aromatic amines is 1. The highest BCUT2D eigenvalue weighted by atomic mass is 16.5. The van der Waals surface area contributed by atoms with Gasteiger partial charge in [-0.3, -0.25) is 4.79 Å². The topological polar surface area (TPSA) is 67.9 Å². The molecule has 22 heavy (non-hydrogen) atoms. The van der Waals surface area contributed by atoms with E-state index in [4.69, 9.17) is 4.74 Å². The van der Waals surface area contributed by atoms with Crippen LogP contribution in [0.1, 0.15) is 22.8 Å². The SMILES string of the molecule is CC=CC(=O)c1c[nH]c2ncnc(OCc3ccccc3)c12. The smallest absolute Gasteiger partial charge is 0.227 e. The summed E-state index contributed by atoms with van der Waals surface area (Å²) in [6.45, 7) is 2.19. The molecule has 3 rings (SSSR count). The number of carbonyl (C=O) groups excluding carboxylic acids is 1. The Morgan fingerprint density at radius 2 is 2.09 bits per heavy atom. The lowest BCUT2D eigenvalue weighted by Crippen LogP contribution is -2.00. The van der Waals surface area contributed by atoms with Gasteiger partial charge < -0.3 is 9.72 Å². The fourth-order valence-corrected chi connectivity index (χ4v) is 2.21. The van der Waals surface area contributed by atoms with Crippen molar-refractivity contribution in [2.24, 2.45) is 0 Å². The van der Waals surface area contributed by atoms with Crippen LogP contribution in [0.2, 0.25) is 0 Å². The molecule has 0 saturated heterocycles. The van der Waals surface area contributed by atoms with Crippen LogP contribution in [0, 0.1) is 0 Å². The van der Waals surface area contributed by atoms with Gasteiger partial charge in [0.25, 0.3) is 0 Å². The van der Waals surface area contributed by atoms with Gasteiger partial charge in [0.15, 0.2) is 5.78 Å². The van der Waals surface area contributed by atoms with Crippen molar-refractivity contribution in [3.05, 3.63) is 66.1 Å². The largest absolute Gasteiger partial charge is 0.472 e. The number of benzene rings is 1. The van der Waals surface area contributed by atoms with Crippen molar-refractivity contribution >= 4 is 16.8 Å². The van der Waals surface area contributed by atoms with E-state index in [1.54, 1.807) is 19.2 Å². The highest BCUT2D eigenvalue weighted by molar-refractivity contribution is 6.13. The van der Waals surface area contributed by atoms with Crippen LogP contribution < -0.4 is 4.74 Å². The molecule has 0 aliphatic rings. The quantitative estimate of drug-likeness (QED) is 0.579. The Morgan fingerprint density at radius 1 is 1.27 bits per heavy atom. The molecule has 5 nitrogen and oxygen atoms in total. The Hall–Kier alpha value is -2.95. The monoisotopic (exact) mass is 293 g/mol. The number of nitrogens with zero attached hydrogens (tertiary/aromatic N) is 2. The van der Waals surface area contributed by atoms with Crippen molar-refractivity contribution in [3.8, 4) is 5.88 Å². The summed E-state index contributed by atoms with van der Waals surface area (Å²) in [6.07, 6.45) is 6.27. The minimum absolute atomic E-state index is 0.104. The number of fused-ring (bicyclic) bond motifs is 1. The standard InChI is InChI=1S/C17H15N3O2/c1-2-6-14(21)13-9-18-16-15(13)17(20-11-19-16)22-10-12-7-4-3-5-8-12/h2-9,11H,10H2,1H3,(H,18,19,20). The van der Waals surface area contributed by atoms with Gasteiger partial charge in [-0.2, -0.15) is 0 Å². The zero-order valence-corrected chi connectivity index (χ0v) is 12.1. The van der Waals surface area contributed by atoms with E-state index in [2.05, 4.69) is 15.0 Å². The summed E-state index contributed by atoms with van der Waals surface area (Å²) in [5.41, 5.74) is 2.13. The number of hydrogen-bond donors (Lipinski definition) is 1. The molecule has 1 aromatic carbocycles. The lowest BCUT2D eigenvalue weighted by atomic mass is 10.1. The summed E-state index contributed by atoms with van der Waals surface area (Å²) in [5.74, 6) is 0.302. The molecule has 0 radical (unpaired) electrons. The molecule has 5 heteroatoms. The normalized spacial score (nSPS) is 11.1. The molecule has 0 aliphatic carbocycles. The molecular weight excluding hydrogens is 278 g/mol. The van der Waals surface area contributed by atoms with Crippen LogP contribution >= 0.6 is 0 Å². The van der Waals surface area contributed by atoms with E-state index in [0.29, 0.717) is 29.1 Å². The van der Waals surface area contributed by atoms with E-state index in [0.717, 1.165) is 5.56 Å². The highest BCUT2D eigenvalue weighted by Gasteiger charge is 2.16. The van der Waals surface area contributed by atoms with Crippen LogP contribution in [0.15, 0.2) is 55.0 Å². The molecule has 110 valence electrons. The third-order valence-corrected chi connectivity index (χ3v) is 3.24. The number of H-pyrrole nitrogens is 1. The van der Waals surface area contributed by atoms with Gasteiger partial charge in [0.2, 0.25) is 5.88 Å². The molecule has 0 atom stereocenters. The average molecular weight is 293 g/mol. The van der Waals surface area contributed by atoms with Crippen molar-refractivity contribution in [1.82, 2.24) is 15.0 Å². The molecule has 0 fully saturated rings. The first-order valence-corrected chi connectivity index (χ1v) is 6.95. The lowest BCUT2D eigenvalue weighted by molar-refractivity contribution is 0.104. The lowest BCUT2D eigenvalue weighted by Gasteiger charge is -2.06. The average Bonchev–Trinajstić information content (AvgIpc) is 2.99. The van der Waals surface area contributed by atoms with Gasteiger partial charge in [-0.1, -0.05) is 36.4 Å². The molecule has 0 bridgehead atoms. The fourth-order valence-electron chi connectivity index (χ4n) is 2.21. The predicted octanol–water partition coefficient (Wildman–Crippen LogP) is 3.30. The van der Waals surface area contributed by atoms with Crippen LogP contribution in [0.25, 0.3) is 11.0 Å². The second-order valence-corrected chi connectivity index (χ2v) is 4.74. The predicted molar refractivity (Wildman–Crippen MR) is 83.8 cm³/mol. The summed E-state index contributed by atoms with van der Waals surface area (Å²) in [4.78, 5) is 23.4. The van der Waals surface area contributed by atoms with Gasteiger partial charge in [0, 0.05) is 6.20 Å². The highest BCUT2D eigenvalue weighted by Crippen LogP contribution is 2.26. The Kier molecular flexibility index (Phi) is 3.96. The Morgan fingerprint density at radius 3 is 2.86 bits per heavy atom. The zero-order chi connectivity index (χ0) is 15.4. The van der Waals surface area contributed by atoms with E-state index < -0.39 is 0 Å². The number of nitrogens with one attached hydrogen (secondary N) is 1. The summed E-state index contributed by atoms with van der Waals surface area (Å²) in [6, 6.07) is 9.80. The minimum Gasteiger partial charge on any atom is -0.472 e. The molecule has 0 amide bonds. The van der Waals surface area contributed by atoms with Crippen molar-refractivity contribution in [2.75, 3.05) is 0 Å². The fraction of sp³-hybridized carbons (Fsp3) is 0.118. The minimum atomic E-state index is -0.104. The van der Waals surface area contributed by atoms with Gasteiger partial charge in [-0.15, -0.1) is 0 Å². The van der Waals surface area contributed by atoms with Crippen LogP contribution in [0.3, 0.4) is 0 Å². The molecule has 0 spiro atoms. The first-order chi connectivity index (χ1) is 10.8. The van der Waals surface area contributed by atoms with Crippen LogP contribution in [-0.4, -0.2) is 20.7 Å². The van der Waals surface area contributed by atoms with Crippen molar-refractivity contribution in [3.63, 3.8) is 0 Å². The summed E-state index contributed by atoms with van der Waals surface area (Å²) in [5, 5.41) is 0.613. The summed E-state index contributed by atoms with van der Waals surface area (Å²) >= 11 is 0. The number of rotatable bonds is 5. The molecule has 2 heterocycles. The number of hydrogen-bond acceptors (Lipinski definition) is 4. The molecule has 0 unspecified atom stereocenters. The van der Waals surface area contributed by atoms with Gasteiger partial charge in [-0.05, 0) is 18.6 Å². The van der Waals surface area contributed by atoms with Gasteiger partial charge in [0.05, 0.1) is 10.9 Å². The molecular formula is C17H15N3O2. The van der Waals surface area contributed by atoms with Crippen molar-refractivity contribution in [2.45, 2.75) is 13.5 Å². The maximum absolute atomic E-state index is 12.1. The Labute approximate surface area is 127 Å². The number of allylic oxidation sites excluding steroid dienone is 2. The van der Waals surface area contributed by atoms with Crippen molar-refractivity contribution in [1.29, 1.82) is 0 Å². The van der Waals surface area contributed by atoms with Gasteiger partial charge >= 0.3 is 0 Å². The molecule has 0 saturated carbocycles. The van der Waals surface area contributed by atoms with E-state index in [1.807, 2.05) is 30.3 Å². The maximum Gasteiger partial charge on any atom is 0.227 e. The maximum atomic E-state index is 12.1. The first kappa shape index (κ1) is 14.0. The molecule has 2 aromatic heterocycles. The second kappa shape index (κ2) is 6.22. The summed E-state index contributed by atoms with van der Waals surface area (Å²) < 4.78 is 5.79. The second-order valence-electron chi connectivity index (χ2n) is 4.74. The number of ether oxygens (including phenoxy) is 1. The third kappa shape index (κ3) is 2.74. The number of carbonyl (C=O) groups is 1. The first-order valence-electron chi connectivity index (χ1n) is 6.95. The number of ketones is 1. The summed E-state index contributed by atoms with van der Waals surface area (Å²) in [7, 11) is 0. The molecule has 3 aromatic rings. The van der Waals surface area contributed by atoms with E-state index in [-0.39, 0.29) is 5.78 Å². The van der Waals surface area contributed by atoms with E-state index in [1.165, 1.54) is 12.4 Å². The number of aromatic nitrogens is 3. The van der Waals surface area contributed by atoms with Crippen LogP contribution in [-0.2, 0) is 6.61 Å². The van der Waals surface area contributed by atoms with Crippen LogP contribution in [0.4, 0.5) is 0 Å². The van der Waals surface area contributed by atoms with Gasteiger partial charge in [-0.25, -0.2) is 9.97 Å². The van der Waals surface area contributed by atoms with Gasteiger partial charge in [0.1, 0.15) is 18.6 Å². The Bertz CT molecular complexity index is 822. The van der Waals surface area contributed by atoms with Crippen molar-refractivity contribution < 1.29 is 9.53 Å². The molecule has 1 N–H and O–H groups in total. The van der Waals surface area contributed by atoms with E-state index >= 15 is 0 Å². The van der Waals surface area contributed by atoms with Crippen LogP contribution in [0.5, 0.6) is 5.88 Å².